The smallest absolute Gasteiger partial charge is 0.315 e. The van der Waals surface area contributed by atoms with Crippen LogP contribution in [0.3, 0.4) is 0 Å². The van der Waals surface area contributed by atoms with Crippen LogP contribution in [0, 0.1) is 17.8 Å². The predicted molar refractivity (Wildman–Crippen MR) is 101 cm³/mol. The van der Waals surface area contributed by atoms with Crippen molar-refractivity contribution in [1.29, 1.82) is 0 Å². The summed E-state index contributed by atoms with van der Waals surface area (Å²) in [5.41, 5.74) is -0.600. The summed E-state index contributed by atoms with van der Waals surface area (Å²) in [6.07, 6.45) is 7.87. The van der Waals surface area contributed by atoms with Crippen LogP contribution in [0.25, 0.3) is 0 Å². The molecule has 27 heavy (non-hydrogen) atoms. The molecule has 7 heteroatoms. The van der Waals surface area contributed by atoms with Crippen LogP contribution in [0.2, 0.25) is 0 Å². The van der Waals surface area contributed by atoms with Crippen molar-refractivity contribution >= 4 is 17.9 Å². The molecule has 3 amide bonds. The first-order valence-corrected chi connectivity index (χ1v) is 10.2. The summed E-state index contributed by atoms with van der Waals surface area (Å²) in [5.74, 6) is 1.27. The Bertz CT molecular complexity index is 567. The highest BCUT2D eigenvalue weighted by atomic mass is 16.4. The summed E-state index contributed by atoms with van der Waals surface area (Å²) in [6, 6.07) is -0.171. The fraction of sp³-hybridized carbons (Fsp3) is 0.850. The number of hydrogen-bond donors (Lipinski definition) is 4. The predicted octanol–water partition coefficient (Wildman–Crippen LogP) is 2.40. The van der Waals surface area contributed by atoms with Crippen LogP contribution in [0.1, 0.15) is 71.6 Å². The Hall–Kier alpha value is -1.79. The zero-order chi connectivity index (χ0) is 19.7. The lowest BCUT2D eigenvalue weighted by Gasteiger charge is -2.56. The third-order valence-electron chi connectivity index (χ3n) is 6.50. The molecule has 4 fully saturated rings. The maximum Gasteiger partial charge on any atom is 0.315 e. The summed E-state index contributed by atoms with van der Waals surface area (Å²) in [5, 5.41) is 17.7. The van der Waals surface area contributed by atoms with Crippen LogP contribution >= 0.6 is 0 Å². The van der Waals surface area contributed by atoms with Gasteiger partial charge in [-0.25, -0.2) is 4.79 Å². The minimum absolute atomic E-state index is 0.0129. The Balaban J connectivity index is 1.37. The van der Waals surface area contributed by atoms with E-state index in [1.54, 1.807) is 13.8 Å². The van der Waals surface area contributed by atoms with Crippen molar-refractivity contribution in [2.45, 2.75) is 82.7 Å². The highest BCUT2D eigenvalue weighted by Crippen LogP contribution is 2.55. The monoisotopic (exact) mass is 379 g/mol. The van der Waals surface area contributed by atoms with E-state index in [2.05, 4.69) is 16.0 Å². The Morgan fingerprint density at radius 3 is 2.07 bits per heavy atom. The Kier molecular flexibility index (Phi) is 5.68. The fourth-order valence-corrected chi connectivity index (χ4v) is 5.76. The third kappa shape index (κ3) is 5.36. The van der Waals surface area contributed by atoms with Gasteiger partial charge in [-0.3, -0.25) is 9.59 Å². The van der Waals surface area contributed by atoms with Crippen LogP contribution < -0.4 is 16.0 Å². The SMILES string of the molecule is CC(C)(CCC(=O)O)NC(=O)CCNC(=O)NC12CC3CC(CC(C3)C1)C2. The van der Waals surface area contributed by atoms with Gasteiger partial charge in [0.15, 0.2) is 0 Å². The minimum Gasteiger partial charge on any atom is -0.481 e. The van der Waals surface area contributed by atoms with Crippen molar-refractivity contribution in [3.8, 4) is 0 Å². The molecule has 0 spiro atoms. The summed E-state index contributed by atoms with van der Waals surface area (Å²) in [6.45, 7) is 3.89. The van der Waals surface area contributed by atoms with Crippen molar-refractivity contribution in [3.05, 3.63) is 0 Å². The van der Waals surface area contributed by atoms with Crippen LogP contribution in [0.4, 0.5) is 4.79 Å². The number of nitrogens with one attached hydrogen (secondary N) is 3. The Labute approximate surface area is 161 Å². The molecule has 0 unspecified atom stereocenters. The molecule has 7 nitrogen and oxygen atoms in total. The molecule has 4 aliphatic rings. The van der Waals surface area contributed by atoms with E-state index in [4.69, 9.17) is 5.11 Å². The molecule has 152 valence electrons. The first-order chi connectivity index (χ1) is 12.6. The summed E-state index contributed by atoms with van der Waals surface area (Å²) >= 11 is 0. The number of amides is 3. The molecule has 4 N–H and O–H groups in total. The largest absolute Gasteiger partial charge is 0.481 e. The zero-order valence-electron chi connectivity index (χ0n) is 16.5. The molecular formula is C20H33N3O4. The highest BCUT2D eigenvalue weighted by Gasteiger charge is 2.51. The van der Waals surface area contributed by atoms with Crippen molar-refractivity contribution in [1.82, 2.24) is 16.0 Å². The van der Waals surface area contributed by atoms with E-state index < -0.39 is 11.5 Å². The summed E-state index contributed by atoms with van der Waals surface area (Å²) in [4.78, 5) is 35.1. The van der Waals surface area contributed by atoms with E-state index in [0.717, 1.165) is 37.0 Å². The van der Waals surface area contributed by atoms with Crippen molar-refractivity contribution in [2.24, 2.45) is 17.8 Å². The van der Waals surface area contributed by atoms with Gasteiger partial charge in [-0.15, -0.1) is 0 Å². The van der Waals surface area contributed by atoms with Crippen molar-refractivity contribution in [3.63, 3.8) is 0 Å². The molecule has 0 aliphatic heterocycles. The number of carboxylic acids is 1. The second kappa shape index (κ2) is 7.68. The first-order valence-electron chi connectivity index (χ1n) is 10.2. The van der Waals surface area contributed by atoms with Crippen LogP contribution in [0.5, 0.6) is 0 Å². The lowest BCUT2D eigenvalue weighted by atomic mass is 9.53. The normalized spacial score (nSPS) is 31.4. The molecule has 4 aliphatic carbocycles. The highest BCUT2D eigenvalue weighted by molar-refractivity contribution is 5.79. The van der Waals surface area contributed by atoms with Crippen molar-refractivity contribution < 1.29 is 19.5 Å². The molecular weight excluding hydrogens is 346 g/mol. The van der Waals surface area contributed by atoms with Gasteiger partial charge in [0.1, 0.15) is 0 Å². The lowest BCUT2D eigenvalue weighted by Crippen LogP contribution is -2.61. The van der Waals surface area contributed by atoms with E-state index in [1.165, 1.54) is 19.3 Å². The van der Waals surface area contributed by atoms with Gasteiger partial charge in [-0.05, 0) is 76.5 Å². The van der Waals surface area contributed by atoms with E-state index in [9.17, 15) is 14.4 Å². The van der Waals surface area contributed by atoms with Crippen LogP contribution in [-0.2, 0) is 9.59 Å². The number of aliphatic carboxylic acids is 1. The van der Waals surface area contributed by atoms with E-state index in [-0.39, 0.29) is 36.9 Å². The zero-order valence-corrected chi connectivity index (χ0v) is 16.5. The number of hydrogen-bond acceptors (Lipinski definition) is 3. The molecule has 0 aromatic carbocycles. The third-order valence-corrected chi connectivity index (χ3v) is 6.50. The number of carbonyl (C=O) groups excluding carboxylic acids is 2. The average Bonchev–Trinajstić information content (AvgIpc) is 2.50. The minimum atomic E-state index is -0.875. The van der Waals surface area contributed by atoms with Crippen LogP contribution in [-0.4, -0.2) is 40.6 Å². The van der Waals surface area contributed by atoms with E-state index in [1.807, 2.05) is 0 Å². The fourth-order valence-electron chi connectivity index (χ4n) is 5.76. The quantitative estimate of drug-likeness (QED) is 0.519. The van der Waals surface area contributed by atoms with E-state index in [0.29, 0.717) is 6.42 Å². The molecule has 0 heterocycles. The van der Waals surface area contributed by atoms with Gasteiger partial charge in [0.2, 0.25) is 5.91 Å². The van der Waals surface area contributed by atoms with Crippen molar-refractivity contribution in [2.75, 3.05) is 6.54 Å². The van der Waals surface area contributed by atoms with E-state index >= 15 is 0 Å². The molecule has 0 saturated heterocycles. The van der Waals surface area contributed by atoms with Gasteiger partial charge in [-0.1, -0.05) is 0 Å². The second-order valence-electron chi connectivity index (χ2n) is 9.65. The number of rotatable bonds is 8. The molecule has 0 aromatic heterocycles. The van der Waals surface area contributed by atoms with Gasteiger partial charge in [-0.2, -0.15) is 0 Å². The molecule has 0 aromatic rings. The molecule has 4 saturated carbocycles. The summed E-state index contributed by atoms with van der Waals surface area (Å²) < 4.78 is 0. The molecule has 0 atom stereocenters. The Morgan fingerprint density at radius 1 is 1.00 bits per heavy atom. The van der Waals surface area contributed by atoms with Gasteiger partial charge in [0.25, 0.3) is 0 Å². The van der Waals surface area contributed by atoms with Gasteiger partial charge < -0.3 is 21.1 Å². The topological polar surface area (TPSA) is 108 Å². The number of carboxylic acid groups (broad SMARTS) is 1. The second-order valence-corrected chi connectivity index (χ2v) is 9.65. The van der Waals surface area contributed by atoms with Gasteiger partial charge in [0.05, 0.1) is 0 Å². The van der Waals surface area contributed by atoms with Gasteiger partial charge in [0, 0.05) is 30.5 Å². The maximum atomic E-state index is 12.4. The number of urea groups is 1. The molecule has 4 bridgehead atoms. The number of carbonyl (C=O) groups is 3. The van der Waals surface area contributed by atoms with Gasteiger partial charge >= 0.3 is 12.0 Å². The molecule has 0 radical (unpaired) electrons. The maximum absolute atomic E-state index is 12.4. The first kappa shape index (κ1) is 20.0. The Morgan fingerprint density at radius 2 is 1.56 bits per heavy atom. The molecule has 4 rings (SSSR count). The lowest BCUT2D eigenvalue weighted by molar-refractivity contribution is -0.137. The summed E-state index contributed by atoms with van der Waals surface area (Å²) in [7, 11) is 0. The van der Waals surface area contributed by atoms with Crippen LogP contribution in [0.15, 0.2) is 0 Å². The average molecular weight is 380 g/mol. The standard InChI is InChI=1S/C20H33N3O4/c1-19(2,5-3-17(25)26)22-16(24)4-6-21-18(27)23-20-10-13-7-14(11-20)9-15(8-13)12-20/h13-15H,3-12H2,1-2H3,(H,22,24)(H,25,26)(H2,21,23,27).